The molecule has 0 unspecified atom stereocenters. The number of ketones is 2. The molecule has 5 nitrogen and oxygen atoms in total. The lowest BCUT2D eigenvalue weighted by Crippen LogP contribution is -2.38. The zero-order valence-corrected chi connectivity index (χ0v) is 16.2. The summed E-state index contributed by atoms with van der Waals surface area (Å²) in [7, 11) is 5.69. The third-order valence-electron chi connectivity index (χ3n) is 4.76. The van der Waals surface area contributed by atoms with Crippen molar-refractivity contribution in [3.63, 3.8) is 0 Å². The molecule has 0 fully saturated rings. The van der Waals surface area contributed by atoms with Crippen LogP contribution in [-0.2, 0) is 14.4 Å². The number of Topliss-reactive ketones (excluding diaryl/α,β-unsaturated/α-hetero) is 2. The van der Waals surface area contributed by atoms with Crippen LogP contribution in [0.5, 0.6) is 0 Å². The Balaban J connectivity index is 3.01. The van der Waals surface area contributed by atoms with E-state index in [2.05, 4.69) is 0 Å². The number of hydrogen-bond donors (Lipinski definition) is 0. The summed E-state index contributed by atoms with van der Waals surface area (Å²) in [5, 5.41) is 0. The van der Waals surface area contributed by atoms with Crippen molar-refractivity contribution in [1.29, 1.82) is 0 Å². The maximum absolute atomic E-state index is 12.7. The molecule has 1 amide bonds. The molecule has 0 aromatic heterocycles. The van der Waals surface area contributed by atoms with Gasteiger partial charge in [0.15, 0.2) is 11.6 Å². The lowest BCUT2D eigenvalue weighted by atomic mass is 9.71. The molecule has 5 heteroatoms. The molecule has 1 aliphatic carbocycles. The SMILES string of the molecule is CC1=C(C)C(=O)C(C(C)(C)CC(=O)N(C)CCN(C)C)=C(C)C1=O. The molecule has 1 rings (SSSR count). The van der Waals surface area contributed by atoms with Crippen LogP contribution in [0.2, 0.25) is 0 Å². The van der Waals surface area contributed by atoms with Crippen LogP contribution in [0.3, 0.4) is 0 Å². The van der Waals surface area contributed by atoms with Gasteiger partial charge in [-0.15, -0.1) is 0 Å². The molecule has 0 spiro atoms. The van der Waals surface area contributed by atoms with Crippen LogP contribution < -0.4 is 0 Å². The molecule has 134 valence electrons. The summed E-state index contributed by atoms with van der Waals surface area (Å²) in [6.45, 7) is 10.2. The fourth-order valence-electron chi connectivity index (χ4n) is 2.98. The zero-order chi connectivity index (χ0) is 18.8. The van der Waals surface area contributed by atoms with Crippen molar-refractivity contribution in [2.24, 2.45) is 5.41 Å². The summed E-state index contributed by atoms with van der Waals surface area (Å²) in [5.41, 5.74) is 1.26. The third kappa shape index (κ3) is 4.20. The Hall–Kier alpha value is -1.75. The second-order valence-electron chi connectivity index (χ2n) is 7.59. The standard InChI is InChI=1S/C19H30N2O3/c1-12-13(2)18(24)16(14(3)17(12)23)19(4,5)11-15(22)21(8)10-9-20(6)7/h9-11H2,1-8H3. The van der Waals surface area contributed by atoms with Crippen LogP contribution in [0.1, 0.15) is 41.0 Å². The molecule has 0 aromatic rings. The van der Waals surface area contributed by atoms with Crippen molar-refractivity contribution in [2.45, 2.75) is 41.0 Å². The molecular weight excluding hydrogens is 304 g/mol. The van der Waals surface area contributed by atoms with Crippen LogP contribution in [0, 0.1) is 5.41 Å². The Morgan fingerprint density at radius 2 is 1.38 bits per heavy atom. The Morgan fingerprint density at radius 1 is 0.875 bits per heavy atom. The van der Waals surface area contributed by atoms with Crippen molar-refractivity contribution in [2.75, 3.05) is 34.2 Å². The second-order valence-corrected chi connectivity index (χ2v) is 7.59. The number of amides is 1. The molecule has 0 saturated carbocycles. The summed E-state index contributed by atoms with van der Waals surface area (Å²) >= 11 is 0. The molecule has 24 heavy (non-hydrogen) atoms. The van der Waals surface area contributed by atoms with E-state index in [1.807, 2.05) is 32.8 Å². The minimum Gasteiger partial charge on any atom is -0.344 e. The number of hydrogen-bond acceptors (Lipinski definition) is 4. The molecule has 0 bridgehead atoms. The Bertz CT molecular complexity index is 625. The van der Waals surface area contributed by atoms with Crippen molar-refractivity contribution in [3.8, 4) is 0 Å². The number of likely N-dealkylation sites (N-methyl/N-ethyl adjacent to an activating group) is 2. The van der Waals surface area contributed by atoms with Gasteiger partial charge in [-0.25, -0.2) is 0 Å². The molecule has 0 heterocycles. The van der Waals surface area contributed by atoms with Crippen LogP contribution in [0.15, 0.2) is 22.3 Å². The molecule has 0 aliphatic heterocycles. The lowest BCUT2D eigenvalue weighted by molar-refractivity contribution is -0.132. The van der Waals surface area contributed by atoms with Gasteiger partial charge in [0, 0.05) is 54.3 Å². The number of allylic oxidation sites excluding steroid dienone is 4. The highest BCUT2D eigenvalue weighted by Crippen LogP contribution is 2.39. The largest absolute Gasteiger partial charge is 0.344 e. The highest BCUT2D eigenvalue weighted by molar-refractivity contribution is 6.25. The fourth-order valence-corrected chi connectivity index (χ4v) is 2.98. The van der Waals surface area contributed by atoms with E-state index in [4.69, 9.17) is 0 Å². The van der Waals surface area contributed by atoms with Gasteiger partial charge in [0.25, 0.3) is 0 Å². The molecule has 0 N–H and O–H groups in total. The Morgan fingerprint density at radius 3 is 1.88 bits per heavy atom. The van der Waals surface area contributed by atoms with Gasteiger partial charge in [-0.2, -0.15) is 0 Å². The first-order valence-electron chi connectivity index (χ1n) is 8.27. The van der Waals surface area contributed by atoms with E-state index in [9.17, 15) is 14.4 Å². The maximum Gasteiger partial charge on any atom is 0.223 e. The van der Waals surface area contributed by atoms with Crippen LogP contribution >= 0.6 is 0 Å². The first-order chi connectivity index (χ1) is 10.9. The van der Waals surface area contributed by atoms with Gasteiger partial charge in [-0.05, 0) is 34.9 Å². The summed E-state index contributed by atoms with van der Waals surface area (Å²) in [6, 6.07) is 0. The summed E-state index contributed by atoms with van der Waals surface area (Å²) in [5.74, 6) is -0.228. The summed E-state index contributed by atoms with van der Waals surface area (Å²) < 4.78 is 0. The minimum atomic E-state index is -0.678. The van der Waals surface area contributed by atoms with E-state index in [1.54, 1.807) is 32.7 Å². The van der Waals surface area contributed by atoms with Crippen LogP contribution in [0.25, 0.3) is 0 Å². The van der Waals surface area contributed by atoms with Crippen LogP contribution in [-0.4, -0.2) is 61.5 Å². The Kier molecular flexibility index (Phi) is 6.28. The van der Waals surface area contributed by atoms with Crippen molar-refractivity contribution >= 4 is 17.5 Å². The van der Waals surface area contributed by atoms with Gasteiger partial charge < -0.3 is 9.80 Å². The maximum atomic E-state index is 12.7. The quantitative estimate of drug-likeness (QED) is 0.699. The van der Waals surface area contributed by atoms with Crippen molar-refractivity contribution < 1.29 is 14.4 Å². The molecule has 0 aromatic carbocycles. The van der Waals surface area contributed by atoms with E-state index in [0.717, 1.165) is 6.54 Å². The monoisotopic (exact) mass is 334 g/mol. The highest BCUT2D eigenvalue weighted by Gasteiger charge is 2.38. The van der Waals surface area contributed by atoms with E-state index in [0.29, 0.717) is 28.8 Å². The first-order valence-corrected chi connectivity index (χ1v) is 8.27. The van der Waals surface area contributed by atoms with Crippen molar-refractivity contribution in [3.05, 3.63) is 22.3 Å². The zero-order valence-electron chi connectivity index (χ0n) is 16.2. The average Bonchev–Trinajstić information content (AvgIpc) is 2.47. The minimum absolute atomic E-state index is 0.0219. The van der Waals surface area contributed by atoms with Gasteiger partial charge in [0.05, 0.1) is 0 Å². The number of rotatable bonds is 6. The molecule has 1 aliphatic rings. The van der Waals surface area contributed by atoms with E-state index >= 15 is 0 Å². The molecule has 0 saturated heterocycles. The van der Waals surface area contributed by atoms with E-state index in [-0.39, 0.29) is 23.9 Å². The average molecular weight is 334 g/mol. The van der Waals surface area contributed by atoms with Gasteiger partial charge >= 0.3 is 0 Å². The van der Waals surface area contributed by atoms with Gasteiger partial charge in [-0.3, -0.25) is 14.4 Å². The molecule has 0 radical (unpaired) electrons. The normalized spacial score (nSPS) is 16.4. The topological polar surface area (TPSA) is 57.7 Å². The highest BCUT2D eigenvalue weighted by atomic mass is 16.2. The first kappa shape index (κ1) is 20.3. The number of carbonyl (C=O) groups is 3. The van der Waals surface area contributed by atoms with Gasteiger partial charge in [0.1, 0.15) is 0 Å². The predicted octanol–water partition coefficient (Wildman–Crippen LogP) is 2.23. The van der Waals surface area contributed by atoms with Gasteiger partial charge in [0.2, 0.25) is 5.91 Å². The Labute approximate surface area is 145 Å². The third-order valence-corrected chi connectivity index (χ3v) is 4.76. The number of nitrogens with zero attached hydrogens (tertiary/aromatic N) is 2. The molecule has 0 atom stereocenters. The summed E-state index contributed by atoms with van der Waals surface area (Å²) in [6.07, 6.45) is 0.203. The smallest absolute Gasteiger partial charge is 0.223 e. The van der Waals surface area contributed by atoms with E-state index in [1.165, 1.54) is 0 Å². The van der Waals surface area contributed by atoms with E-state index < -0.39 is 5.41 Å². The fraction of sp³-hybridized carbons (Fsp3) is 0.632. The predicted molar refractivity (Wildman–Crippen MR) is 95.7 cm³/mol. The molecular formula is C19H30N2O3. The summed E-state index contributed by atoms with van der Waals surface area (Å²) in [4.78, 5) is 41.3. The van der Waals surface area contributed by atoms with Gasteiger partial charge in [-0.1, -0.05) is 13.8 Å². The second kappa shape index (κ2) is 7.43. The lowest BCUT2D eigenvalue weighted by Gasteiger charge is -2.33. The van der Waals surface area contributed by atoms with Crippen LogP contribution in [0.4, 0.5) is 0 Å². The number of carbonyl (C=O) groups excluding carboxylic acids is 3. The van der Waals surface area contributed by atoms with Crippen molar-refractivity contribution in [1.82, 2.24) is 9.80 Å².